The molecule has 0 saturated heterocycles. The van der Waals surface area contributed by atoms with E-state index >= 15 is 0 Å². The van der Waals surface area contributed by atoms with Crippen LogP contribution in [0.3, 0.4) is 0 Å². The van der Waals surface area contributed by atoms with Gasteiger partial charge in [-0.3, -0.25) is 9.59 Å². The van der Waals surface area contributed by atoms with E-state index < -0.39 is 21.6 Å². The largest absolute Gasteiger partial charge is 0.455 e. The number of halogens is 2. The van der Waals surface area contributed by atoms with Crippen molar-refractivity contribution in [2.24, 2.45) is 5.41 Å². The molecular weight excluding hydrogens is 313 g/mol. The molecule has 1 aromatic carbocycles. The van der Waals surface area contributed by atoms with E-state index in [0.29, 0.717) is 12.1 Å². The molecule has 1 aliphatic rings. The van der Waals surface area contributed by atoms with Crippen LogP contribution < -0.4 is 5.32 Å². The number of benzene rings is 1. The van der Waals surface area contributed by atoms with Crippen molar-refractivity contribution in [3.05, 3.63) is 29.8 Å². The van der Waals surface area contributed by atoms with E-state index in [9.17, 15) is 9.59 Å². The number of aryl methyl sites for hydroxylation is 1. The minimum Gasteiger partial charge on any atom is -0.455 e. The fourth-order valence-corrected chi connectivity index (χ4v) is 2.62. The zero-order chi connectivity index (χ0) is 15.7. The molecule has 0 bridgehead atoms. The van der Waals surface area contributed by atoms with Gasteiger partial charge in [0.15, 0.2) is 6.61 Å². The molecule has 1 amide bonds. The highest BCUT2D eigenvalue weighted by Crippen LogP contribution is 2.64. The lowest BCUT2D eigenvalue weighted by atomic mass is 10.1. The van der Waals surface area contributed by atoms with Crippen LogP contribution in [0.1, 0.15) is 25.8 Å². The molecule has 0 aliphatic heterocycles. The van der Waals surface area contributed by atoms with Crippen LogP contribution in [0.15, 0.2) is 24.3 Å². The van der Waals surface area contributed by atoms with E-state index in [-0.39, 0.29) is 6.61 Å². The second-order valence-electron chi connectivity index (χ2n) is 5.39. The third-order valence-electron chi connectivity index (χ3n) is 3.69. The van der Waals surface area contributed by atoms with Gasteiger partial charge in [-0.15, -0.1) is 23.2 Å². The van der Waals surface area contributed by atoms with Crippen LogP contribution in [0.25, 0.3) is 0 Å². The maximum absolute atomic E-state index is 11.8. The van der Waals surface area contributed by atoms with Crippen LogP contribution in [-0.4, -0.2) is 22.8 Å². The topological polar surface area (TPSA) is 55.4 Å². The number of esters is 1. The first-order valence-corrected chi connectivity index (χ1v) is 7.48. The van der Waals surface area contributed by atoms with Gasteiger partial charge >= 0.3 is 5.97 Å². The number of ether oxygens (including phenoxy) is 1. The Bertz CT molecular complexity index is 557. The molecule has 114 valence electrons. The van der Waals surface area contributed by atoms with Crippen LogP contribution in [-0.2, 0) is 20.7 Å². The Hall–Kier alpha value is -1.26. The number of carbonyl (C=O) groups is 2. The second-order valence-corrected chi connectivity index (χ2v) is 6.87. The first-order chi connectivity index (χ1) is 9.78. The lowest BCUT2D eigenvalue weighted by Crippen LogP contribution is -2.26. The molecule has 0 heterocycles. The predicted molar refractivity (Wildman–Crippen MR) is 82.6 cm³/mol. The van der Waals surface area contributed by atoms with Crippen molar-refractivity contribution in [1.29, 1.82) is 0 Å². The van der Waals surface area contributed by atoms with E-state index in [0.717, 1.165) is 6.42 Å². The smallest absolute Gasteiger partial charge is 0.315 e. The number of hydrogen-bond donors (Lipinski definition) is 1. The van der Waals surface area contributed by atoms with E-state index in [2.05, 4.69) is 12.2 Å². The van der Waals surface area contributed by atoms with Crippen LogP contribution in [0.5, 0.6) is 0 Å². The molecule has 0 unspecified atom stereocenters. The van der Waals surface area contributed by atoms with E-state index in [1.807, 2.05) is 24.3 Å². The summed E-state index contributed by atoms with van der Waals surface area (Å²) in [4.78, 5) is 23.5. The van der Waals surface area contributed by atoms with Crippen molar-refractivity contribution in [2.75, 3.05) is 11.9 Å². The highest BCUT2D eigenvalue weighted by atomic mass is 35.5. The molecule has 0 aromatic heterocycles. The third kappa shape index (κ3) is 3.50. The predicted octanol–water partition coefficient (Wildman–Crippen LogP) is 3.31. The first kappa shape index (κ1) is 16.1. The van der Waals surface area contributed by atoms with E-state index in [1.165, 1.54) is 5.56 Å². The Balaban J connectivity index is 1.81. The van der Waals surface area contributed by atoms with E-state index in [1.54, 1.807) is 6.92 Å². The van der Waals surface area contributed by atoms with Crippen molar-refractivity contribution in [1.82, 2.24) is 0 Å². The molecule has 4 nitrogen and oxygen atoms in total. The Morgan fingerprint density at radius 3 is 2.33 bits per heavy atom. The Morgan fingerprint density at radius 2 is 1.86 bits per heavy atom. The summed E-state index contributed by atoms with van der Waals surface area (Å²) < 4.78 is 3.88. The summed E-state index contributed by atoms with van der Waals surface area (Å²) in [5, 5.41) is 2.66. The Kier molecular flexibility index (Phi) is 4.49. The summed E-state index contributed by atoms with van der Waals surface area (Å²) in [6.07, 6.45) is 1.27. The summed E-state index contributed by atoms with van der Waals surface area (Å²) in [6.45, 7) is 3.32. The molecule has 1 aliphatic carbocycles. The molecule has 21 heavy (non-hydrogen) atoms. The molecule has 1 atom stereocenters. The lowest BCUT2D eigenvalue weighted by molar-refractivity contribution is -0.152. The molecular formula is C15H17Cl2NO3. The maximum atomic E-state index is 11.8. The number of nitrogens with one attached hydrogen (secondary N) is 1. The van der Waals surface area contributed by atoms with Crippen LogP contribution in [0.4, 0.5) is 5.69 Å². The zero-order valence-electron chi connectivity index (χ0n) is 11.9. The van der Waals surface area contributed by atoms with Gasteiger partial charge in [0.1, 0.15) is 9.75 Å². The second kappa shape index (κ2) is 5.85. The summed E-state index contributed by atoms with van der Waals surface area (Å²) >= 11 is 11.8. The van der Waals surface area contributed by atoms with Crippen LogP contribution in [0.2, 0.25) is 0 Å². The molecule has 1 saturated carbocycles. The van der Waals surface area contributed by atoms with Gasteiger partial charge in [-0.1, -0.05) is 19.1 Å². The molecule has 1 fully saturated rings. The average Bonchev–Trinajstić information content (AvgIpc) is 2.97. The first-order valence-electron chi connectivity index (χ1n) is 6.72. The fourth-order valence-electron chi connectivity index (χ4n) is 1.93. The van der Waals surface area contributed by atoms with Gasteiger partial charge in [-0.2, -0.15) is 0 Å². The molecule has 0 spiro atoms. The summed E-state index contributed by atoms with van der Waals surface area (Å²) in [6, 6.07) is 7.48. The quantitative estimate of drug-likeness (QED) is 0.666. The van der Waals surface area contributed by atoms with E-state index in [4.69, 9.17) is 27.9 Å². The van der Waals surface area contributed by atoms with Gasteiger partial charge in [0.25, 0.3) is 5.91 Å². The number of carbonyl (C=O) groups excluding carboxylic acids is 2. The third-order valence-corrected chi connectivity index (χ3v) is 4.79. The van der Waals surface area contributed by atoms with Crippen LogP contribution >= 0.6 is 23.2 Å². The monoisotopic (exact) mass is 329 g/mol. The van der Waals surface area contributed by atoms with Crippen molar-refractivity contribution in [3.63, 3.8) is 0 Å². The van der Waals surface area contributed by atoms with Gasteiger partial charge < -0.3 is 10.1 Å². The highest BCUT2D eigenvalue weighted by Gasteiger charge is 2.69. The summed E-state index contributed by atoms with van der Waals surface area (Å²) in [5.41, 5.74) is 0.927. The fraction of sp³-hybridized carbons (Fsp3) is 0.467. The lowest BCUT2D eigenvalue weighted by Gasteiger charge is -2.12. The SMILES string of the molecule is CCc1ccc(NC(=O)COC(=O)[C@@]2(C)CC2(Cl)Cl)cc1. The molecule has 1 aromatic rings. The molecule has 6 heteroatoms. The van der Waals surface area contributed by atoms with Crippen LogP contribution in [0, 0.1) is 5.41 Å². The zero-order valence-corrected chi connectivity index (χ0v) is 13.4. The molecule has 1 N–H and O–H groups in total. The van der Waals surface area contributed by atoms with Gasteiger partial charge in [-0.05, 0) is 31.0 Å². The number of anilines is 1. The normalized spacial score (nSPS) is 22.5. The maximum Gasteiger partial charge on any atom is 0.315 e. The van der Waals surface area contributed by atoms with Crippen molar-refractivity contribution in [2.45, 2.75) is 31.0 Å². The van der Waals surface area contributed by atoms with Gasteiger partial charge in [0, 0.05) is 12.1 Å². The minimum atomic E-state index is -1.09. The highest BCUT2D eigenvalue weighted by molar-refractivity contribution is 6.53. The van der Waals surface area contributed by atoms with Crippen molar-refractivity contribution < 1.29 is 14.3 Å². The summed E-state index contributed by atoms with van der Waals surface area (Å²) in [5.74, 6) is -0.949. The van der Waals surface area contributed by atoms with Crippen molar-refractivity contribution >= 4 is 40.8 Å². The average molecular weight is 330 g/mol. The number of alkyl halides is 2. The minimum absolute atomic E-state index is 0.335. The summed E-state index contributed by atoms with van der Waals surface area (Å²) in [7, 11) is 0. The Labute approximate surface area is 133 Å². The van der Waals surface area contributed by atoms with Gasteiger partial charge in [0.05, 0.1) is 0 Å². The number of amides is 1. The Morgan fingerprint density at radius 1 is 1.29 bits per heavy atom. The molecule has 2 rings (SSSR count). The van der Waals surface area contributed by atoms with Gasteiger partial charge in [-0.25, -0.2) is 0 Å². The molecule has 0 radical (unpaired) electrons. The number of rotatable bonds is 5. The van der Waals surface area contributed by atoms with Crippen molar-refractivity contribution in [3.8, 4) is 0 Å². The standard InChI is InChI=1S/C15H17Cl2NO3/c1-3-10-4-6-11(7-5-10)18-12(19)8-21-13(20)14(2)9-15(14,16)17/h4-7H,3,8-9H2,1-2H3,(H,18,19)/t14-/m1/s1. The van der Waals surface area contributed by atoms with Gasteiger partial charge in [0.2, 0.25) is 0 Å². The number of hydrogen-bond acceptors (Lipinski definition) is 3.